The van der Waals surface area contributed by atoms with Gasteiger partial charge in [0.05, 0.1) is 0 Å². The molecule has 2 heterocycles. The number of aromatic nitrogens is 1. The molecule has 2 N–H and O–H groups in total. The molecule has 1 aliphatic heterocycles. The van der Waals surface area contributed by atoms with Gasteiger partial charge in [-0.3, -0.25) is 4.79 Å². The monoisotopic (exact) mass is 221 g/mol. The predicted molar refractivity (Wildman–Crippen MR) is 59.1 cm³/mol. The highest BCUT2D eigenvalue weighted by Crippen LogP contribution is 2.04. The van der Waals surface area contributed by atoms with Gasteiger partial charge >= 0.3 is 0 Å². The first-order valence-corrected chi connectivity index (χ1v) is 5.36. The van der Waals surface area contributed by atoms with Crippen molar-refractivity contribution in [2.75, 3.05) is 19.6 Å². The van der Waals surface area contributed by atoms with Gasteiger partial charge in [0, 0.05) is 19.2 Å². The second kappa shape index (κ2) is 4.94. The summed E-state index contributed by atoms with van der Waals surface area (Å²) < 4.78 is 4.84. The number of carbonyl (C=O) groups excluding carboxylic acids is 1. The van der Waals surface area contributed by atoms with E-state index in [-0.39, 0.29) is 5.91 Å². The highest BCUT2D eigenvalue weighted by atomic mass is 16.5. The number of aryl methyl sites for hydroxylation is 1. The number of nitrogens with zero attached hydrogens (tertiary/aromatic N) is 1. The quantitative estimate of drug-likeness (QED) is 0.735. The molecule has 1 aliphatic rings. The lowest BCUT2D eigenvalue weighted by Crippen LogP contribution is -2.29. The number of rotatable bonds is 3. The fourth-order valence-electron chi connectivity index (χ4n) is 1.59. The van der Waals surface area contributed by atoms with Crippen LogP contribution < -0.4 is 10.6 Å². The summed E-state index contributed by atoms with van der Waals surface area (Å²) >= 11 is 0. The van der Waals surface area contributed by atoms with Crippen LogP contribution in [-0.2, 0) is 0 Å². The fraction of sp³-hybridized carbons (Fsp3) is 0.455. The van der Waals surface area contributed by atoms with E-state index in [2.05, 4.69) is 21.9 Å². The van der Waals surface area contributed by atoms with Gasteiger partial charge in [-0.2, -0.15) is 0 Å². The van der Waals surface area contributed by atoms with Crippen molar-refractivity contribution in [1.29, 1.82) is 0 Å². The molecule has 0 spiro atoms. The van der Waals surface area contributed by atoms with E-state index in [1.165, 1.54) is 5.57 Å². The Kier molecular flexibility index (Phi) is 3.36. The van der Waals surface area contributed by atoms with Crippen molar-refractivity contribution in [3.63, 3.8) is 0 Å². The van der Waals surface area contributed by atoms with Gasteiger partial charge in [0.15, 0.2) is 5.69 Å². The zero-order chi connectivity index (χ0) is 11.4. The Hall–Kier alpha value is -1.62. The van der Waals surface area contributed by atoms with Gasteiger partial charge in [0.25, 0.3) is 5.91 Å². The van der Waals surface area contributed by atoms with E-state index in [1.807, 2.05) is 0 Å². The van der Waals surface area contributed by atoms with E-state index >= 15 is 0 Å². The zero-order valence-electron chi connectivity index (χ0n) is 9.25. The first kappa shape index (κ1) is 10.9. The van der Waals surface area contributed by atoms with Crippen molar-refractivity contribution in [3.8, 4) is 0 Å². The van der Waals surface area contributed by atoms with Gasteiger partial charge < -0.3 is 15.2 Å². The van der Waals surface area contributed by atoms with Crippen molar-refractivity contribution < 1.29 is 9.32 Å². The van der Waals surface area contributed by atoms with Gasteiger partial charge in [-0.05, 0) is 19.9 Å². The molecule has 0 saturated carbocycles. The Morgan fingerprint density at radius 3 is 3.19 bits per heavy atom. The van der Waals surface area contributed by atoms with Crippen molar-refractivity contribution in [2.24, 2.45) is 0 Å². The van der Waals surface area contributed by atoms with Crippen molar-refractivity contribution in [2.45, 2.75) is 13.3 Å². The van der Waals surface area contributed by atoms with E-state index < -0.39 is 0 Å². The third-order valence-electron chi connectivity index (χ3n) is 2.49. The molecule has 0 atom stereocenters. The summed E-state index contributed by atoms with van der Waals surface area (Å²) in [5.41, 5.74) is 1.60. The van der Waals surface area contributed by atoms with Crippen LogP contribution in [0.25, 0.3) is 0 Å². The molecule has 86 valence electrons. The first-order valence-electron chi connectivity index (χ1n) is 5.36. The SMILES string of the molecule is Cc1cc(C(=O)NCC2=CCNCC2)no1. The van der Waals surface area contributed by atoms with E-state index in [0.717, 1.165) is 19.5 Å². The molecular weight excluding hydrogens is 206 g/mol. The smallest absolute Gasteiger partial charge is 0.273 e. The molecule has 5 heteroatoms. The fourth-order valence-corrected chi connectivity index (χ4v) is 1.59. The Labute approximate surface area is 93.9 Å². The second-order valence-corrected chi connectivity index (χ2v) is 3.82. The maximum absolute atomic E-state index is 11.6. The number of amides is 1. The van der Waals surface area contributed by atoms with E-state index in [1.54, 1.807) is 13.0 Å². The van der Waals surface area contributed by atoms with Gasteiger partial charge in [-0.15, -0.1) is 0 Å². The van der Waals surface area contributed by atoms with Crippen LogP contribution in [-0.4, -0.2) is 30.7 Å². The molecule has 1 aromatic rings. The molecule has 1 amide bonds. The van der Waals surface area contributed by atoms with Crippen molar-refractivity contribution >= 4 is 5.91 Å². The van der Waals surface area contributed by atoms with Crippen LogP contribution in [0.15, 0.2) is 22.2 Å². The largest absolute Gasteiger partial charge is 0.361 e. The van der Waals surface area contributed by atoms with E-state index in [0.29, 0.717) is 18.0 Å². The minimum absolute atomic E-state index is 0.184. The number of hydrogen-bond acceptors (Lipinski definition) is 4. The Balaban J connectivity index is 1.86. The molecule has 0 bridgehead atoms. The van der Waals surface area contributed by atoms with E-state index in [4.69, 9.17) is 4.52 Å². The summed E-state index contributed by atoms with van der Waals surface area (Å²) in [4.78, 5) is 11.6. The minimum atomic E-state index is -0.184. The lowest BCUT2D eigenvalue weighted by Gasteiger charge is -2.13. The van der Waals surface area contributed by atoms with Crippen LogP contribution >= 0.6 is 0 Å². The number of nitrogens with one attached hydrogen (secondary N) is 2. The predicted octanol–water partition coefficient (Wildman–Crippen LogP) is 0.633. The van der Waals surface area contributed by atoms with Gasteiger partial charge in [-0.1, -0.05) is 16.8 Å². The van der Waals surface area contributed by atoms with Crippen LogP contribution in [0.5, 0.6) is 0 Å². The molecule has 0 unspecified atom stereocenters. The molecule has 2 rings (SSSR count). The van der Waals surface area contributed by atoms with Crippen LogP contribution in [0.4, 0.5) is 0 Å². The van der Waals surface area contributed by atoms with Gasteiger partial charge in [0.2, 0.25) is 0 Å². The average Bonchev–Trinajstić information content (AvgIpc) is 2.74. The second-order valence-electron chi connectivity index (χ2n) is 3.82. The molecule has 0 fully saturated rings. The van der Waals surface area contributed by atoms with Gasteiger partial charge in [0.1, 0.15) is 5.76 Å². The maximum atomic E-state index is 11.6. The molecule has 0 aliphatic carbocycles. The summed E-state index contributed by atoms with van der Waals surface area (Å²) in [6, 6.07) is 1.63. The normalized spacial score (nSPS) is 15.7. The summed E-state index contributed by atoms with van der Waals surface area (Å²) in [5.74, 6) is 0.461. The standard InChI is InChI=1S/C11H15N3O2/c1-8-6-10(14-16-8)11(15)13-7-9-2-4-12-5-3-9/h2,6,12H,3-5,7H2,1H3,(H,13,15). The van der Waals surface area contributed by atoms with Crippen molar-refractivity contribution in [3.05, 3.63) is 29.2 Å². The Bertz CT molecular complexity index is 409. The first-order chi connectivity index (χ1) is 7.75. The Morgan fingerprint density at radius 1 is 1.69 bits per heavy atom. The summed E-state index contributed by atoms with van der Waals surface area (Å²) in [5, 5.41) is 9.71. The molecule has 5 nitrogen and oxygen atoms in total. The maximum Gasteiger partial charge on any atom is 0.273 e. The molecule has 1 aromatic heterocycles. The molecule has 0 saturated heterocycles. The van der Waals surface area contributed by atoms with Crippen LogP contribution in [0.3, 0.4) is 0 Å². The molecular formula is C11H15N3O2. The summed E-state index contributed by atoms with van der Waals surface area (Å²) in [6.07, 6.45) is 3.09. The Morgan fingerprint density at radius 2 is 2.56 bits per heavy atom. The molecule has 0 radical (unpaired) electrons. The minimum Gasteiger partial charge on any atom is -0.361 e. The van der Waals surface area contributed by atoms with Crippen LogP contribution in [0.1, 0.15) is 22.7 Å². The molecule has 16 heavy (non-hydrogen) atoms. The van der Waals surface area contributed by atoms with E-state index in [9.17, 15) is 4.79 Å². The topological polar surface area (TPSA) is 67.2 Å². The number of hydrogen-bond donors (Lipinski definition) is 2. The lowest BCUT2D eigenvalue weighted by atomic mass is 10.1. The third kappa shape index (κ3) is 2.70. The highest BCUT2D eigenvalue weighted by Gasteiger charge is 2.11. The van der Waals surface area contributed by atoms with Crippen LogP contribution in [0, 0.1) is 6.92 Å². The molecule has 0 aromatic carbocycles. The highest BCUT2D eigenvalue weighted by molar-refractivity contribution is 5.92. The van der Waals surface area contributed by atoms with Gasteiger partial charge in [-0.25, -0.2) is 0 Å². The summed E-state index contributed by atoms with van der Waals surface area (Å²) in [6.45, 7) is 4.21. The van der Waals surface area contributed by atoms with Crippen LogP contribution in [0.2, 0.25) is 0 Å². The zero-order valence-corrected chi connectivity index (χ0v) is 9.25. The van der Waals surface area contributed by atoms with Crippen molar-refractivity contribution in [1.82, 2.24) is 15.8 Å². The number of carbonyl (C=O) groups is 1. The average molecular weight is 221 g/mol. The third-order valence-corrected chi connectivity index (χ3v) is 2.49. The summed E-state index contributed by atoms with van der Waals surface area (Å²) in [7, 11) is 0. The lowest BCUT2D eigenvalue weighted by molar-refractivity contribution is 0.0947.